The van der Waals surface area contributed by atoms with Crippen LogP contribution in [0.4, 0.5) is 0 Å². The Balaban J connectivity index is 0.00000162. The molecular weight excluding hydrogens is 285 g/mol. The molecule has 2 saturated heterocycles. The minimum atomic E-state index is 0. The molecule has 2 fully saturated rings. The lowest BCUT2D eigenvalue weighted by molar-refractivity contribution is -0.135. The van der Waals surface area contributed by atoms with Gasteiger partial charge in [0.15, 0.2) is 0 Å². The molecule has 2 unspecified atom stereocenters. The van der Waals surface area contributed by atoms with Gasteiger partial charge in [-0.2, -0.15) is 0 Å². The molecule has 2 aliphatic rings. The first-order chi connectivity index (χ1) is 8.15. The summed E-state index contributed by atoms with van der Waals surface area (Å²) >= 11 is 0. The Morgan fingerprint density at radius 3 is 2.16 bits per heavy atom. The summed E-state index contributed by atoms with van der Waals surface area (Å²) in [5, 5.41) is 3.32. The van der Waals surface area contributed by atoms with E-state index < -0.39 is 0 Å². The Morgan fingerprint density at radius 1 is 1.11 bits per heavy atom. The topological polar surface area (TPSA) is 35.6 Å². The van der Waals surface area contributed by atoms with Crippen molar-refractivity contribution in [2.75, 3.05) is 45.8 Å². The average molecular weight is 312 g/mol. The molecule has 0 bridgehead atoms. The Morgan fingerprint density at radius 2 is 1.63 bits per heavy atom. The van der Waals surface area contributed by atoms with E-state index in [0.29, 0.717) is 24.3 Å². The van der Waals surface area contributed by atoms with Gasteiger partial charge in [0.05, 0.1) is 6.54 Å². The molecule has 0 spiro atoms. The van der Waals surface area contributed by atoms with Gasteiger partial charge in [0.2, 0.25) is 5.91 Å². The van der Waals surface area contributed by atoms with Crippen LogP contribution in [0.2, 0.25) is 0 Å². The van der Waals surface area contributed by atoms with Gasteiger partial charge in [-0.25, -0.2) is 0 Å². The van der Waals surface area contributed by atoms with Crippen molar-refractivity contribution in [1.82, 2.24) is 15.1 Å². The van der Waals surface area contributed by atoms with Crippen LogP contribution in [0.15, 0.2) is 0 Å². The van der Waals surface area contributed by atoms with Crippen LogP contribution in [0.1, 0.15) is 20.3 Å². The summed E-state index contributed by atoms with van der Waals surface area (Å²) in [5.41, 5.74) is 0. The molecule has 0 aliphatic carbocycles. The number of hydrogen-bond donors (Lipinski definition) is 1. The van der Waals surface area contributed by atoms with Crippen molar-refractivity contribution in [2.24, 2.45) is 11.8 Å². The summed E-state index contributed by atoms with van der Waals surface area (Å²) in [6, 6.07) is 0. The van der Waals surface area contributed by atoms with E-state index in [1.54, 1.807) is 0 Å². The SMILES string of the molecule is CC1CC(C)CN(C(=O)CN2CCNCC2)C1.Cl.Cl. The number of amides is 1. The molecule has 0 saturated carbocycles. The molecule has 114 valence electrons. The molecule has 2 atom stereocenters. The second-order valence-corrected chi connectivity index (χ2v) is 5.77. The van der Waals surface area contributed by atoms with E-state index in [2.05, 4.69) is 29.0 Å². The fourth-order valence-corrected chi connectivity index (χ4v) is 3.03. The molecule has 0 aromatic heterocycles. The van der Waals surface area contributed by atoms with Gasteiger partial charge < -0.3 is 10.2 Å². The van der Waals surface area contributed by atoms with Crippen molar-refractivity contribution < 1.29 is 4.79 Å². The monoisotopic (exact) mass is 311 g/mol. The largest absolute Gasteiger partial charge is 0.341 e. The Bertz CT molecular complexity index is 263. The summed E-state index contributed by atoms with van der Waals surface area (Å²) in [6.07, 6.45) is 1.26. The van der Waals surface area contributed by atoms with Gasteiger partial charge >= 0.3 is 0 Å². The van der Waals surface area contributed by atoms with Gasteiger partial charge in [0.25, 0.3) is 0 Å². The number of likely N-dealkylation sites (tertiary alicyclic amines) is 1. The first-order valence-corrected chi connectivity index (χ1v) is 6.86. The van der Waals surface area contributed by atoms with E-state index in [1.165, 1.54) is 6.42 Å². The lowest BCUT2D eigenvalue weighted by Crippen LogP contribution is -2.50. The first kappa shape index (κ1) is 19.0. The molecular formula is C13H27Cl2N3O. The van der Waals surface area contributed by atoms with Crippen LogP contribution in [0, 0.1) is 11.8 Å². The second kappa shape index (κ2) is 9.01. The summed E-state index contributed by atoms with van der Waals surface area (Å²) in [5.74, 6) is 1.64. The van der Waals surface area contributed by atoms with E-state index in [1.807, 2.05) is 0 Å². The van der Waals surface area contributed by atoms with Crippen LogP contribution in [0.3, 0.4) is 0 Å². The van der Waals surface area contributed by atoms with Crippen molar-refractivity contribution in [1.29, 1.82) is 0 Å². The van der Waals surface area contributed by atoms with Gasteiger partial charge in [-0.3, -0.25) is 9.69 Å². The number of nitrogens with zero attached hydrogens (tertiary/aromatic N) is 2. The molecule has 1 N–H and O–H groups in total. The zero-order valence-corrected chi connectivity index (χ0v) is 13.6. The van der Waals surface area contributed by atoms with Crippen molar-refractivity contribution in [3.05, 3.63) is 0 Å². The summed E-state index contributed by atoms with van der Waals surface area (Å²) < 4.78 is 0. The van der Waals surface area contributed by atoms with Crippen LogP contribution in [-0.2, 0) is 4.79 Å². The van der Waals surface area contributed by atoms with Crippen LogP contribution in [-0.4, -0.2) is 61.5 Å². The minimum absolute atomic E-state index is 0. The maximum absolute atomic E-state index is 12.2. The van der Waals surface area contributed by atoms with Crippen molar-refractivity contribution in [2.45, 2.75) is 20.3 Å². The number of carbonyl (C=O) groups excluding carboxylic acids is 1. The fourth-order valence-electron chi connectivity index (χ4n) is 3.03. The van der Waals surface area contributed by atoms with E-state index in [4.69, 9.17) is 0 Å². The van der Waals surface area contributed by atoms with Crippen molar-refractivity contribution in [3.8, 4) is 0 Å². The number of carbonyl (C=O) groups is 1. The third kappa shape index (κ3) is 5.86. The van der Waals surface area contributed by atoms with Crippen LogP contribution in [0.25, 0.3) is 0 Å². The van der Waals surface area contributed by atoms with E-state index >= 15 is 0 Å². The third-order valence-electron chi connectivity index (χ3n) is 3.79. The summed E-state index contributed by atoms with van der Waals surface area (Å²) in [4.78, 5) is 16.6. The molecule has 0 aromatic rings. The van der Waals surface area contributed by atoms with Crippen LogP contribution < -0.4 is 5.32 Å². The number of piperidine rings is 1. The molecule has 1 amide bonds. The van der Waals surface area contributed by atoms with Crippen molar-refractivity contribution in [3.63, 3.8) is 0 Å². The van der Waals surface area contributed by atoms with E-state index in [0.717, 1.165) is 39.3 Å². The maximum atomic E-state index is 12.2. The van der Waals surface area contributed by atoms with E-state index in [-0.39, 0.29) is 24.8 Å². The highest BCUT2D eigenvalue weighted by Crippen LogP contribution is 2.20. The molecule has 0 radical (unpaired) electrons. The lowest BCUT2D eigenvalue weighted by Gasteiger charge is -2.36. The highest BCUT2D eigenvalue weighted by Gasteiger charge is 2.26. The normalized spacial score (nSPS) is 28.2. The Labute approximate surface area is 129 Å². The molecule has 0 aromatic carbocycles. The molecule has 2 rings (SSSR count). The van der Waals surface area contributed by atoms with Crippen LogP contribution in [0.5, 0.6) is 0 Å². The maximum Gasteiger partial charge on any atom is 0.236 e. The number of nitrogens with one attached hydrogen (secondary N) is 1. The standard InChI is InChI=1S/C13H25N3O.2ClH/c1-11-7-12(2)9-16(8-11)13(17)10-15-5-3-14-4-6-15;;/h11-12,14H,3-10H2,1-2H3;2*1H. The third-order valence-corrected chi connectivity index (χ3v) is 3.79. The van der Waals surface area contributed by atoms with Gasteiger partial charge in [-0.05, 0) is 18.3 Å². The zero-order valence-electron chi connectivity index (χ0n) is 11.9. The number of hydrogen-bond acceptors (Lipinski definition) is 3. The van der Waals surface area contributed by atoms with Crippen LogP contribution >= 0.6 is 24.8 Å². The van der Waals surface area contributed by atoms with Gasteiger partial charge in [-0.1, -0.05) is 13.8 Å². The first-order valence-electron chi connectivity index (χ1n) is 6.86. The fraction of sp³-hybridized carbons (Fsp3) is 0.923. The molecule has 2 heterocycles. The summed E-state index contributed by atoms with van der Waals surface area (Å²) in [6.45, 7) is 11.1. The number of rotatable bonds is 2. The zero-order chi connectivity index (χ0) is 12.3. The highest BCUT2D eigenvalue weighted by atomic mass is 35.5. The van der Waals surface area contributed by atoms with Gasteiger partial charge in [0, 0.05) is 39.3 Å². The average Bonchev–Trinajstić information content (AvgIpc) is 2.29. The second-order valence-electron chi connectivity index (χ2n) is 5.77. The number of piperazine rings is 1. The van der Waals surface area contributed by atoms with Crippen molar-refractivity contribution >= 4 is 30.7 Å². The predicted octanol–water partition coefficient (Wildman–Crippen LogP) is 1.24. The number of halogens is 2. The Hall–Kier alpha value is -0.0300. The minimum Gasteiger partial charge on any atom is -0.341 e. The summed E-state index contributed by atoms with van der Waals surface area (Å²) in [7, 11) is 0. The molecule has 4 nitrogen and oxygen atoms in total. The quantitative estimate of drug-likeness (QED) is 0.833. The van der Waals surface area contributed by atoms with E-state index in [9.17, 15) is 4.79 Å². The highest BCUT2D eigenvalue weighted by molar-refractivity contribution is 5.85. The van der Waals surface area contributed by atoms with Gasteiger partial charge in [0.1, 0.15) is 0 Å². The Kier molecular flexibility index (Phi) is 8.99. The van der Waals surface area contributed by atoms with Gasteiger partial charge in [-0.15, -0.1) is 24.8 Å². The predicted molar refractivity (Wildman–Crippen MR) is 83.3 cm³/mol. The molecule has 19 heavy (non-hydrogen) atoms. The molecule has 6 heteroatoms. The lowest BCUT2D eigenvalue weighted by atomic mass is 9.92. The smallest absolute Gasteiger partial charge is 0.236 e. The molecule has 2 aliphatic heterocycles.